The first-order valence-electron chi connectivity index (χ1n) is 16.5. The van der Waals surface area contributed by atoms with Crippen LogP contribution in [-0.4, -0.2) is 43.7 Å². The summed E-state index contributed by atoms with van der Waals surface area (Å²) in [7, 11) is 8.34. The summed E-state index contributed by atoms with van der Waals surface area (Å²) in [5.74, 6) is 1.72. The van der Waals surface area contributed by atoms with E-state index in [4.69, 9.17) is 14.5 Å². The number of fused-ring (bicyclic) bond motifs is 2. The first-order chi connectivity index (χ1) is 23.3. The van der Waals surface area contributed by atoms with Crippen LogP contribution < -0.4 is 20.1 Å². The van der Waals surface area contributed by atoms with Crippen LogP contribution in [0, 0.1) is 0 Å². The minimum atomic E-state index is -0.0157. The number of ether oxygens (including phenoxy) is 2. The standard InChI is InChI=1S/C41H43N5O2/c1-45(2)24-28-7-5-9-30(19-28)26-47-35-15-17-37-34(21-35)22-39(42-37)32-11-13-33(14-12-32)41-43-38-18-16-36(23-40(38)44-41)48-27-31-10-6-8-29(20-31)25-46(3)4/h5-21,23,41,43-44H,22,24-27H2,1-4H3. The summed E-state index contributed by atoms with van der Waals surface area (Å²) < 4.78 is 12.4. The molecule has 0 bridgehead atoms. The Morgan fingerprint density at radius 1 is 0.625 bits per heavy atom. The highest BCUT2D eigenvalue weighted by atomic mass is 16.5. The molecule has 2 aliphatic rings. The van der Waals surface area contributed by atoms with Crippen molar-refractivity contribution < 1.29 is 9.47 Å². The maximum Gasteiger partial charge on any atom is 0.123 e. The molecule has 1 unspecified atom stereocenters. The molecule has 0 aliphatic carbocycles. The fraction of sp³-hybridized carbons (Fsp3) is 0.244. The van der Waals surface area contributed by atoms with Crippen molar-refractivity contribution in [2.24, 2.45) is 4.99 Å². The Hall–Kier alpha value is -5.11. The monoisotopic (exact) mass is 637 g/mol. The zero-order valence-electron chi connectivity index (χ0n) is 28.2. The second-order valence-corrected chi connectivity index (χ2v) is 13.3. The molecule has 244 valence electrons. The lowest BCUT2D eigenvalue weighted by Crippen LogP contribution is -2.12. The van der Waals surface area contributed by atoms with Crippen molar-refractivity contribution in [3.63, 3.8) is 0 Å². The maximum absolute atomic E-state index is 6.19. The third-order valence-electron chi connectivity index (χ3n) is 8.62. The van der Waals surface area contributed by atoms with E-state index in [9.17, 15) is 0 Å². The third-order valence-corrected chi connectivity index (χ3v) is 8.62. The number of nitrogens with one attached hydrogen (secondary N) is 2. The van der Waals surface area contributed by atoms with Crippen LogP contribution in [0.2, 0.25) is 0 Å². The molecule has 2 heterocycles. The number of hydrogen-bond acceptors (Lipinski definition) is 7. The molecular formula is C41H43N5O2. The van der Waals surface area contributed by atoms with Crippen molar-refractivity contribution in [1.29, 1.82) is 0 Å². The molecule has 5 aromatic rings. The van der Waals surface area contributed by atoms with E-state index in [0.29, 0.717) is 13.2 Å². The Balaban J connectivity index is 0.935. The minimum absolute atomic E-state index is 0.0157. The van der Waals surface area contributed by atoms with E-state index < -0.39 is 0 Å². The zero-order valence-corrected chi connectivity index (χ0v) is 28.2. The van der Waals surface area contributed by atoms with Crippen LogP contribution in [0.1, 0.15) is 45.1 Å². The Kier molecular flexibility index (Phi) is 9.14. The lowest BCUT2D eigenvalue weighted by atomic mass is 10.0. The van der Waals surface area contributed by atoms with E-state index in [1.807, 2.05) is 12.1 Å². The predicted octanol–water partition coefficient (Wildman–Crippen LogP) is 8.18. The summed E-state index contributed by atoms with van der Waals surface area (Å²) in [4.78, 5) is 9.30. The molecule has 2 aliphatic heterocycles. The molecule has 7 heteroatoms. The largest absolute Gasteiger partial charge is 0.489 e. The second-order valence-electron chi connectivity index (χ2n) is 13.3. The van der Waals surface area contributed by atoms with Crippen molar-refractivity contribution in [1.82, 2.24) is 9.80 Å². The molecule has 0 aromatic heterocycles. The van der Waals surface area contributed by atoms with Crippen LogP contribution in [0.3, 0.4) is 0 Å². The van der Waals surface area contributed by atoms with Crippen molar-refractivity contribution in [3.05, 3.63) is 148 Å². The molecule has 5 aromatic carbocycles. The Morgan fingerprint density at radius 2 is 1.21 bits per heavy atom. The van der Waals surface area contributed by atoms with Crippen molar-refractivity contribution in [2.75, 3.05) is 38.8 Å². The maximum atomic E-state index is 6.19. The highest BCUT2D eigenvalue weighted by molar-refractivity contribution is 6.06. The smallest absolute Gasteiger partial charge is 0.123 e. The number of benzene rings is 5. The van der Waals surface area contributed by atoms with Crippen LogP contribution in [0.4, 0.5) is 17.1 Å². The lowest BCUT2D eigenvalue weighted by Gasteiger charge is -2.13. The van der Waals surface area contributed by atoms with Gasteiger partial charge in [-0.05, 0) is 97.5 Å². The van der Waals surface area contributed by atoms with Gasteiger partial charge in [0.25, 0.3) is 0 Å². The molecule has 0 spiro atoms. The van der Waals surface area contributed by atoms with E-state index >= 15 is 0 Å². The second kappa shape index (κ2) is 13.9. The van der Waals surface area contributed by atoms with E-state index in [0.717, 1.165) is 64.9 Å². The summed E-state index contributed by atoms with van der Waals surface area (Å²) >= 11 is 0. The summed E-state index contributed by atoms with van der Waals surface area (Å²) in [6, 6.07) is 38.3. The van der Waals surface area contributed by atoms with Gasteiger partial charge in [-0.25, -0.2) is 0 Å². The van der Waals surface area contributed by atoms with Gasteiger partial charge in [-0.15, -0.1) is 0 Å². The Bertz CT molecular complexity index is 1930. The molecule has 2 N–H and O–H groups in total. The Morgan fingerprint density at radius 3 is 1.85 bits per heavy atom. The predicted molar refractivity (Wildman–Crippen MR) is 196 cm³/mol. The SMILES string of the molecule is CN(C)Cc1cccc(COc2ccc3c(c2)CC(c2ccc(C4Nc5ccc(OCc6cccc(CN(C)C)c6)cc5N4)cc2)=N3)c1. The van der Waals surface area contributed by atoms with Crippen LogP contribution in [0.15, 0.2) is 114 Å². The van der Waals surface area contributed by atoms with Crippen molar-refractivity contribution in [3.8, 4) is 11.5 Å². The van der Waals surface area contributed by atoms with E-state index in [-0.39, 0.29) is 6.17 Å². The molecule has 0 fully saturated rings. The topological polar surface area (TPSA) is 61.4 Å². The van der Waals surface area contributed by atoms with Crippen LogP contribution in [0.25, 0.3) is 0 Å². The fourth-order valence-corrected chi connectivity index (χ4v) is 6.37. The van der Waals surface area contributed by atoms with Crippen LogP contribution >= 0.6 is 0 Å². The molecule has 7 rings (SSSR count). The molecule has 48 heavy (non-hydrogen) atoms. The van der Waals surface area contributed by atoms with Crippen molar-refractivity contribution in [2.45, 2.75) is 38.9 Å². The van der Waals surface area contributed by atoms with Gasteiger partial charge in [0.15, 0.2) is 0 Å². The highest BCUT2D eigenvalue weighted by Gasteiger charge is 2.23. The number of aliphatic imine (C=N–C) groups is 1. The van der Waals surface area contributed by atoms with Gasteiger partial charge < -0.3 is 29.9 Å². The van der Waals surface area contributed by atoms with Gasteiger partial charge in [0, 0.05) is 25.6 Å². The summed E-state index contributed by atoms with van der Waals surface area (Å²) in [6.07, 6.45) is 0.774. The average Bonchev–Trinajstić information content (AvgIpc) is 3.70. The molecule has 0 saturated carbocycles. The number of nitrogens with zero attached hydrogens (tertiary/aromatic N) is 3. The minimum Gasteiger partial charge on any atom is -0.489 e. The number of hydrogen-bond donors (Lipinski definition) is 2. The van der Waals surface area contributed by atoms with Gasteiger partial charge in [0.2, 0.25) is 0 Å². The van der Waals surface area contributed by atoms with Crippen LogP contribution in [-0.2, 0) is 32.7 Å². The molecule has 0 amide bonds. The summed E-state index contributed by atoms with van der Waals surface area (Å²) in [5.41, 5.74) is 12.6. The van der Waals surface area contributed by atoms with Gasteiger partial charge in [0.05, 0.1) is 22.8 Å². The molecule has 1 atom stereocenters. The molecule has 7 nitrogen and oxygen atoms in total. The fourth-order valence-electron chi connectivity index (χ4n) is 6.37. The molecular weight excluding hydrogens is 594 g/mol. The normalized spacial score (nSPS) is 14.7. The third kappa shape index (κ3) is 7.54. The molecule has 0 saturated heterocycles. The van der Waals surface area contributed by atoms with Gasteiger partial charge >= 0.3 is 0 Å². The van der Waals surface area contributed by atoms with Crippen molar-refractivity contribution >= 4 is 22.8 Å². The number of anilines is 2. The van der Waals surface area contributed by atoms with Crippen LogP contribution in [0.5, 0.6) is 11.5 Å². The van der Waals surface area contributed by atoms with E-state index in [1.165, 1.54) is 27.8 Å². The summed E-state index contributed by atoms with van der Waals surface area (Å²) in [6.45, 7) is 2.91. The Labute approximate surface area is 283 Å². The van der Waals surface area contributed by atoms with E-state index in [1.54, 1.807) is 0 Å². The number of rotatable bonds is 12. The summed E-state index contributed by atoms with van der Waals surface area (Å²) in [5, 5.41) is 7.23. The van der Waals surface area contributed by atoms with Gasteiger partial charge in [-0.3, -0.25) is 4.99 Å². The first-order valence-corrected chi connectivity index (χ1v) is 16.5. The highest BCUT2D eigenvalue weighted by Crippen LogP contribution is 2.38. The lowest BCUT2D eigenvalue weighted by molar-refractivity contribution is 0.305. The zero-order chi connectivity index (χ0) is 33.0. The van der Waals surface area contributed by atoms with E-state index in [2.05, 4.69) is 146 Å². The first kappa shape index (κ1) is 31.5. The molecule has 0 radical (unpaired) electrons. The average molecular weight is 638 g/mol. The quantitative estimate of drug-likeness (QED) is 0.144. The van der Waals surface area contributed by atoms with Gasteiger partial charge in [0.1, 0.15) is 30.9 Å². The van der Waals surface area contributed by atoms with Gasteiger partial charge in [-0.2, -0.15) is 0 Å². The van der Waals surface area contributed by atoms with Gasteiger partial charge in [-0.1, -0.05) is 72.8 Å².